The highest BCUT2D eigenvalue weighted by molar-refractivity contribution is 6.32. The van der Waals surface area contributed by atoms with Crippen molar-refractivity contribution < 1.29 is 4.79 Å². The molecule has 2 aliphatic rings. The van der Waals surface area contributed by atoms with Crippen LogP contribution >= 0.6 is 23.2 Å². The number of benzodiazepines with no additional fused rings is 1. The molecule has 0 aliphatic carbocycles. The summed E-state index contributed by atoms with van der Waals surface area (Å²) in [6.45, 7) is 1.79. The van der Waals surface area contributed by atoms with E-state index in [1.807, 2.05) is 54.7 Å². The summed E-state index contributed by atoms with van der Waals surface area (Å²) in [5.41, 5.74) is 10.0. The van der Waals surface area contributed by atoms with Crippen molar-refractivity contribution in [3.8, 4) is 0 Å². The standard InChI is InChI=1S/C27H27Cl2N5O/c1-33-24-8-7-19(28)15-21(24)26(32-23(27(33)35)14-17-4-2-3-5-22(17)29)18-6-9-25(31-16-18)34-12-10-20(30)11-13-34/h2-9,15-16,20,23H,10-14,30H2,1H3. The number of rotatable bonds is 4. The predicted octanol–water partition coefficient (Wildman–Crippen LogP) is 4.74. The smallest absolute Gasteiger partial charge is 0.251 e. The fraction of sp³-hybridized carbons (Fsp3) is 0.296. The maximum atomic E-state index is 13.5. The number of hydrogen-bond acceptors (Lipinski definition) is 5. The quantitative estimate of drug-likeness (QED) is 0.553. The molecule has 1 atom stereocenters. The third-order valence-corrected chi connectivity index (χ3v) is 7.34. The van der Waals surface area contributed by atoms with E-state index in [9.17, 15) is 4.79 Å². The van der Waals surface area contributed by atoms with Gasteiger partial charge in [0.25, 0.3) is 5.91 Å². The van der Waals surface area contributed by atoms with E-state index in [2.05, 4.69) is 4.90 Å². The van der Waals surface area contributed by atoms with Crippen LogP contribution < -0.4 is 15.5 Å². The molecule has 1 saturated heterocycles. The number of carbonyl (C=O) groups excluding carboxylic acids is 1. The van der Waals surface area contributed by atoms with Crippen molar-refractivity contribution in [3.63, 3.8) is 0 Å². The highest BCUT2D eigenvalue weighted by Crippen LogP contribution is 2.32. The van der Waals surface area contributed by atoms with Gasteiger partial charge in [-0.05, 0) is 54.8 Å². The number of likely N-dealkylation sites (N-methyl/N-ethyl adjacent to an activating group) is 1. The lowest BCUT2D eigenvalue weighted by Gasteiger charge is -2.31. The van der Waals surface area contributed by atoms with Crippen LogP contribution in [0.3, 0.4) is 0 Å². The third-order valence-electron chi connectivity index (χ3n) is 6.73. The number of pyridine rings is 1. The van der Waals surface area contributed by atoms with Gasteiger partial charge in [-0.3, -0.25) is 9.79 Å². The summed E-state index contributed by atoms with van der Waals surface area (Å²) < 4.78 is 0. The van der Waals surface area contributed by atoms with Crippen molar-refractivity contribution in [1.82, 2.24) is 4.98 Å². The lowest BCUT2D eigenvalue weighted by atomic mass is 10.0. The normalized spacial score (nSPS) is 18.8. The van der Waals surface area contributed by atoms with Crippen molar-refractivity contribution >= 4 is 46.3 Å². The number of fused-ring (bicyclic) bond motifs is 1. The van der Waals surface area contributed by atoms with Gasteiger partial charge in [-0.2, -0.15) is 0 Å². The van der Waals surface area contributed by atoms with E-state index < -0.39 is 6.04 Å². The number of aliphatic imine (C=N–C) groups is 1. The van der Waals surface area contributed by atoms with Crippen LogP contribution in [0.1, 0.15) is 29.5 Å². The van der Waals surface area contributed by atoms with Crippen LogP contribution in [0, 0.1) is 0 Å². The highest BCUT2D eigenvalue weighted by atomic mass is 35.5. The lowest BCUT2D eigenvalue weighted by Crippen LogP contribution is -2.40. The van der Waals surface area contributed by atoms with Gasteiger partial charge in [-0.1, -0.05) is 41.4 Å². The van der Waals surface area contributed by atoms with Gasteiger partial charge >= 0.3 is 0 Å². The van der Waals surface area contributed by atoms with Crippen LogP contribution in [-0.2, 0) is 11.2 Å². The average Bonchev–Trinajstić information content (AvgIpc) is 2.96. The van der Waals surface area contributed by atoms with Gasteiger partial charge in [0.05, 0.1) is 11.4 Å². The molecule has 3 heterocycles. The minimum Gasteiger partial charge on any atom is -0.357 e. The number of aromatic nitrogens is 1. The van der Waals surface area contributed by atoms with Crippen LogP contribution in [-0.4, -0.2) is 48.8 Å². The lowest BCUT2D eigenvalue weighted by molar-refractivity contribution is -0.119. The molecule has 1 unspecified atom stereocenters. The van der Waals surface area contributed by atoms with E-state index in [1.165, 1.54) is 0 Å². The topological polar surface area (TPSA) is 74.8 Å². The van der Waals surface area contributed by atoms with Crippen LogP contribution in [0.15, 0.2) is 65.8 Å². The summed E-state index contributed by atoms with van der Waals surface area (Å²) in [7, 11) is 1.77. The molecule has 0 bridgehead atoms. The van der Waals surface area contributed by atoms with Crippen LogP contribution in [0.5, 0.6) is 0 Å². The Morgan fingerprint density at radius 1 is 1.06 bits per heavy atom. The Kier molecular flexibility index (Phi) is 6.78. The molecule has 1 fully saturated rings. The fourth-order valence-corrected chi connectivity index (χ4v) is 5.08. The molecular weight excluding hydrogens is 481 g/mol. The van der Waals surface area contributed by atoms with Crippen molar-refractivity contribution in [2.75, 3.05) is 29.9 Å². The first-order valence-corrected chi connectivity index (χ1v) is 12.5. The van der Waals surface area contributed by atoms with Crippen LogP contribution in [0.4, 0.5) is 11.5 Å². The Morgan fingerprint density at radius 2 is 1.83 bits per heavy atom. The number of carbonyl (C=O) groups is 1. The molecule has 0 radical (unpaired) electrons. The SMILES string of the molecule is CN1C(=O)C(Cc2ccccc2Cl)N=C(c2ccc(N3CCC(N)CC3)nc2)c2cc(Cl)ccc21. The first kappa shape index (κ1) is 23.8. The number of anilines is 2. The fourth-order valence-electron chi connectivity index (χ4n) is 4.69. The molecule has 5 rings (SSSR count). The average molecular weight is 508 g/mol. The minimum atomic E-state index is -0.635. The molecular formula is C27H27Cl2N5O. The van der Waals surface area contributed by atoms with Crippen molar-refractivity contribution in [2.24, 2.45) is 10.7 Å². The molecule has 180 valence electrons. The Labute approximate surface area is 215 Å². The predicted molar refractivity (Wildman–Crippen MR) is 143 cm³/mol. The van der Waals surface area contributed by atoms with Gasteiger partial charge in [0, 0.05) is 60.0 Å². The second kappa shape index (κ2) is 9.97. The molecule has 1 amide bonds. The number of halogens is 2. The van der Waals surface area contributed by atoms with Gasteiger partial charge in [0.15, 0.2) is 0 Å². The summed E-state index contributed by atoms with van der Waals surface area (Å²) in [5, 5.41) is 1.20. The molecule has 1 aromatic heterocycles. The van der Waals surface area contributed by atoms with E-state index in [-0.39, 0.29) is 11.9 Å². The van der Waals surface area contributed by atoms with E-state index in [0.717, 1.165) is 54.1 Å². The zero-order valence-electron chi connectivity index (χ0n) is 19.5. The Hall–Kier alpha value is -2.93. The number of piperidine rings is 1. The summed E-state index contributed by atoms with van der Waals surface area (Å²) in [6.07, 6.45) is 4.14. The van der Waals surface area contributed by atoms with Gasteiger partial charge < -0.3 is 15.5 Å². The second-order valence-corrected chi connectivity index (χ2v) is 9.92. The third kappa shape index (κ3) is 4.92. The van der Waals surface area contributed by atoms with E-state index in [1.54, 1.807) is 18.0 Å². The molecule has 0 saturated carbocycles. The Bertz CT molecular complexity index is 1270. The highest BCUT2D eigenvalue weighted by Gasteiger charge is 2.31. The number of amides is 1. The zero-order valence-corrected chi connectivity index (χ0v) is 21.0. The first-order valence-electron chi connectivity index (χ1n) is 11.8. The minimum absolute atomic E-state index is 0.0993. The van der Waals surface area contributed by atoms with Gasteiger partial charge in [-0.15, -0.1) is 0 Å². The summed E-state index contributed by atoms with van der Waals surface area (Å²) >= 11 is 12.8. The molecule has 2 aliphatic heterocycles. The van der Waals surface area contributed by atoms with Crippen molar-refractivity contribution in [3.05, 3.63) is 87.5 Å². The van der Waals surface area contributed by atoms with E-state index in [4.69, 9.17) is 38.9 Å². The Balaban J connectivity index is 1.55. The van der Waals surface area contributed by atoms with Gasteiger partial charge in [0.2, 0.25) is 0 Å². The van der Waals surface area contributed by atoms with Crippen molar-refractivity contribution in [1.29, 1.82) is 0 Å². The van der Waals surface area contributed by atoms with E-state index >= 15 is 0 Å². The maximum absolute atomic E-state index is 13.5. The summed E-state index contributed by atoms with van der Waals surface area (Å²) in [6, 6.07) is 16.7. The Morgan fingerprint density at radius 3 is 2.54 bits per heavy atom. The summed E-state index contributed by atoms with van der Waals surface area (Å²) in [5.74, 6) is 0.819. The van der Waals surface area contributed by atoms with Gasteiger partial charge in [0.1, 0.15) is 11.9 Å². The molecule has 2 N–H and O–H groups in total. The summed E-state index contributed by atoms with van der Waals surface area (Å²) in [4.78, 5) is 27.1. The van der Waals surface area contributed by atoms with Crippen LogP contribution in [0.25, 0.3) is 0 Å². The number of hydrogen-bond donors (Lipinski definition) is 1. The molecule has 3 aromatic rings. The molecule has 8 heteroatoms. The molecule has 6 nitrogen and oxygen atoms in total. The largest absolute Gasteiger partial charge is 0.357 e. The first-order chi connectivity index (χ1) is 16.9. The van der Waals surface area contributed by atoms with E-state index in [0.29, 0.717) is 22.2 Å². The molecule has 0 spiro atoms. The number of nitrogens with two attached hydrogens (primary N) is 1. The molecule has 2 aromatic carbocycles. The monoisotopic (exact) mass is 507 g/mol. The van der Waals surface area contributed by atoms with Crippen molar-refractivity contribution in [2.45, 2.75) is 31.3 Å². The number of nitrogens with zero attached hydrogens (tertiary/aromatic N) is 4. The van der Waals surface area contributed by atoms with Crippen LogP contribution in [0.2, 0.25) is 10.0 Å². The maximum Gasteiger partial charge on any atom is 0.251 e. The molecule has 35 heavy (non-hydrogen) atoms. The second-order valence-electron chi connectivity index (χ2n) is 9.08. The number of benzene rings is 2. The van der Waals surface area contributed by atoms with Gasteiger partial charge in [-0.25, -0.2) is 4.98 Å². The zero-order chi connectivity index (χ0) is 24.5.